The van der Waals surface area contributed by atoms with Crippen LogP contribution >= 0.6 is 0 Å². The van der Waals surface area contributed by atoms with E-state index in [0.29, 0.717) is 0 Å². The van der Waals surface area contributed by atoms with Gasteiger partial charge in [0.05, 0.1) is 0 Å². The van der Waals surface area contributed by atoms with E-state index >= 15 is 0 Å². The summed E-state index contributed by atoms with van der Waals surface area (Å²) in [6.45, 7) is 7.97. The Kier molecular flexibility index (Phi) is 3.83. The first-order valence-electron chi connectivity index (χ1n) is 7.66. The largest absolute Gasteiger partial charge is 0.364 e. The Bertz CT molecular complexity index is 639. The lowest BCUT2D eigenvalue weighted by Crippen LogP contribution is -3.19. The lowest BCUT2D eigenvalue weighted by atomic mass is 10.0. The van der Waals surface area contributed by atoms with E-state index in [-0.39, 0.29) is 24.0 Å². The highest BCUT2D eigenvalue weighted by Gasteiger charge is 2.34. The predicted octanol–water partition coefficient (Wildman–Crippen LogP) is 1.43. The van der Waals surface area contributed by atoms with Crippen LogP contribution in [0.1, 0.15) is 31.1 Å². The van der Waals surface area contributed by atoms with Gasteiger partial charge in [-0.05, 0) is 26.8 Å². The number of morpholine rings is 1. The topological polar surface area (TPSA) is 46.5 Å². The smallest absolute Gasteiger partial charge is 0.221 e. The van der Waals surface area contributed by atoms with Crippen molar-refractivity contribution < 1.29 is 14.4 Å². The minimum atomic E-state index is -0.0435. The maximum atomic E-state index is 12.9. The number of benzene rings is 1. The number of aromatic nitrogens is 1. The maximum absolute atomic E-state index is 12.9. The summed E-state index contributed by atoms with van der Waals surface area (Å²) in [7, 11) is 0. The molecule has 1 aromatic carbocycles. The van der Waals surface area contributed by atoms with Crippen molar-refractivity contribution in [2.75, 3.05) is 13.1 Å². The van der Waals surface area contributed by atoms with Crippen LogP contribution in [-0.4, -0.2) is 42.1 Å². The molecule has 0 unspecified atom stereocenters. The number of carbonyl (C=O) groups excluding carboxylic acids is 1. The minimum absolute atomic E-state index is 0.0435. The number of carbonyl (C=O) groups is 1. The summed E-state index contributed by atoms with van der Waals surface area (Å²) in [6, 6.07) is 7.92. The summed E-state index contributed by atoms with van der Waals surface area (Å²) >= 11 is 0. The predicted molar refractivity (Wildman–Crippen MR) is 82.8 cm³/mol. The number of ether oxygens (including phenoxy) is 1. The molecule has 2 aromatic rings. The summed E-state index contributed by atoms with van der Waals surface area (Å²) in [5.74, 6) is 0.212. The van der Waals surface area contributed by atoms with Crippen LogP contribution in [0.25, 0.3) is 10.9 Å². The molecule has 0 amide bonds. The lowest BCUT2D eigenvalue weighted by molar-refractivity contribution is -0.928. The van der Waals surface area contributed by atoms with Crippen molar-refractivity contribution in [2.24, 2.45) is 0 Å². The Morgan fingerprint density at radius 1 is 1.29 bits per heavy atom. The zero-order chi connectivity index (χ0) is 15.0. The highest BCUT2D eigenvalue weighted by Crippen LogP contribution is 2.18. The summed E-state index contributed by atoms with van der Waals surface area (Å²) in [5, 5.41) is 1.02. The van der Waals surface area contributed by atoms with Crippen LogP contribution in [0.4, 0.5) is 0 Å². The van der Waals surface area contributed by atoms with Crippen molar-refractivity contribution in [3.8, 4) is 0 Å². The molecule has 0 radical (unpaired) electrons. The number of hydrogen-bond donors (Lipinski definition) is 2. The van der Waals surface area contributed by atoms with Gasteiger partial charge in [-0.25, -0.2) is 0 Å². The van der Waals surface area contributed by atoms with Crippen molar-refractivity contribution in [1.82, 2.24) is 4.98 Å². The second-order valence-electron chi connectivity index (χ2n) is 6.16. The number of rotatable bonds is 3. The van der Waals surface area contributed by atoms with Crippen LogP contribution in [-0.2, 0) is 4.74 Å². The molecule has 4 nitrogen and oxygen atoms in total. The van der Waals surface area contributed by atoms with Crippen LogP contribution in [0.15, 0.2) is 30.5 Å². The first-order valence-corrected chi connectivity index (χ1v) is 7.66. The number of para-hydroxylation sites is 1. The van der Waals surface area contributed by atoms with Gasteiger partial charge in [0.15, 0.2) is 0 Å². The molecular weight excluding hydrogens is 264 g/mol. The highest BCUT2D eigenvalue weighted by molar-refractivity contribution is 6.09. The molecule has 1 aromatic heterocycles. The Morgan fingerprint density at radius 3 is 2.67 bits per heavy atom. The molecule has 1 aliphatic rings. The SMILES string of the molecule is C[C@H]1C[NH+]([C@@H](C)C(=O)c2c[nH]c3ccccc23)C[C@H](C)O1. The van der Waals surface area contributed by atoms with E-state index in [0.717, 1.165) is 29.6 Å². The Balaban J connectivity index is 1.84. The van der Waals surface area contributed by atoms with Gasteiger partial charge in [0.25, 0.3) is 0 Å². The zero-order valence-electron chi connectivity index (χ0n) is 12.8. The molecule has 21 heavy (non-hydrogen) atoms. The van der Waals surface area contributed by atoms with Gasteiger partial charge in [-0.1, -0.05) is 18.2 Å². The molecular formula is C17H23N2O2+. The van der Waals surface area contributed by atoms with E-state index in [9.17, 15) is 4.79 Å². The molecule has 2 heterocycles. The normalized spacial score (nSPS) is 27.7. The summed E-state index contributed by atoms with van der Waals surface area (Å²) < 4.78 is 5.77. The fourth-order valence-corrected chi connectivity index (χ4v) is 3.36. The molecule has 1 fully saturated rings. The summed E-state index contributed by atoms with van der Waals surface area (Å²) in [5.41, 5.74) is 1.82. The number of Topliss-reactive ketones (excluding diaryl/α,β-unsaturated/α-hetero) is 1. The number of H-pyrrole nitrogens is 1. The molecule has 0 aliphatic carbocycles. The van der Waals surface area contributed by atoms with Crippen LogP contribution < -0.4 is 4.90 Å². The molecule has 112 valence electrons. The van der Waals surface area contributed by atoms with Crippen LogP contribution in [0, 0.1) is 0 Å². The third kappa shape index (κ3) is 2.74. The second kappa shape index (κ2) is 5.62. The monoisotopic (exact) mass is 287 g/mol. The number of quaternary nitrogens is 1. The van der Waals surface area contributed by atoms with Gasteiger partial charge in [0.2, 0.25) is 5.78 Å². The Hall–Kier alpha value is -1.65. The van der Waals surface area contributed by atoms with E-state index in [1.807, 2.05) is 37.4 Å². The number of fused-ring (bicyclic) bond motifs is 1. The number of ketones is 1. The molecule has 1 aliphatic heterocycles. The van der Waals surface area contributed by atoms with Crippen molar-refractivity contribution in [3.05, 3.63) is 36.0 Å². The minimum Gasteiger partial charge on any atom is -0.364 e. The van der Waals surface area contributed by atoms with Gasteiger partial charge in [0.1, 0.15) is 31.3 Å². The average molecular weight is 287 g/mol. The molecule has 2 N–H and O–H groups in total. The standard InChI is InChI=1S/C17H22N2O2/c1-11-9-19(10-12(2)21-11)13(3)17(20)15-8-18-16-7-5-4-6-14(15)16/h4-8,11-13,18H,9-10H2,1-3H3/p+1/t11-,12-,13-/m0/s1. The van der Waals surface area contributed by atoms with Crippen LogP contribution in [0.5, 0.6) is 0 Å². The fraction of sp³-hybridized carbons (Fsp3) is 0.471. The van der Waals surface area contributed by atoms with E-state index in [2.05, 4.69) is 18.8 Å². The molecule has 4 heteroatoms. The third-order valence-corrected chi connectivity index (χ3v) is 4.42. The maximum Gasteiger partial charge on any atom is 0.221 e. The molecule has 0 saturated carbocycles. The molecule has 1 saturated heterocycles. The zero-order valence-corrected chi connectivity index (χ0v) is 12.8. The van der Waals surface area contributed by atoms with E-state index in [1.165, 1.54) is 4.90 Å². The number of hydrogen-bond acceptors (Lipinski definition) is 2. The Labute approximate surface area is 125 Å². The van der Waals surface area contributed by atoms with E-state index < -0.39 is 0 Å². The van der Waals surface area contributed by atoms with Gasteiger partial charge in [-0.2, -0.15) is 0 Å². The van der Waals surface area contributed by atoms with Gasteiger partial charge in [0, 0.05) is 22.7 Å². The van der Waals surface area contributed by atoms with Gasteiger partial charge in [-0.3, -0.25) is 4.79 Å². The van der Waals surface area contributed by atoms with E-state index in [1.54, 1.807) is 0 Å². The summed E-state index contributed by atoms with van der Waals surface area (Å²) in [4.78, 5) is 17.4. The van der Waals surface area contributed by atoms with Gasteiger partial charge < -0.3 is 14.6 Å². The molecule has 0 bridgehead atoms. The van der Waals surface area contributed by atoms with Crippen LogP contribution in [0.2, 0.25) is 0 Å². The summed E-state index contributed by atoms with van der Waals surface area (Å²) in [6.07, 6.45) is 2.26. The highest BCUT2D eigenvalue weighted by atomic mass is 16.5. The molecule has 0 spiro atoms. The van der Waals surface area contributed by atoms with Gasteiger partial charge >= 0.3 is 0 Å². The lowest BCUT2D eigenvalue weighted by Gasteiger charge is -2.35. The third-order valence-electron chi connectivity index (χ3n) is 4.42. The van der Waals surface area contributed by atoms with Crippen molar-refractivity contribution in [1.29, 1.82) is 0 Å². The fourth-order valence-electron chi connectivity index (χ4n) is 3.36. The average Bonchev–Trinajstić information content (AvgIpc) is 2.88. The first kappa shape index (κ1) is 14.3. The van der Waals surface area contributed by atoms with E-state index in [4.69, 9.17) is 4.74 Å². The van der Waals surface area contributed by atoms with Crippen LogP contribution in [0.3, 0.4) is 0 Å². The molecule has 3 rings (SSSR count). The number of aromatic amines is 1. The quantitative estimate of drug-likeness (QED) is 0.839. The van der Waals surface area contributed by atoms with Gasteiger partial charge in [-0.15, -0.1) is 0 Å². The molecule has 3 atom stereocenters. The second-order valence-corrected chi connectivity index (χ2v) is 6.16. The number of nitrogens with one attached hydrogen (secondary N) is 2. The Morgan fingerprint density at radius 2 is 1.95 bits per heavy atom. The van der Waals surface area contributed by atoms with Crippen molar-refractivity contribution in [3.63, 3.8) is 0 Å². The first-order chi connectivity index (χ1) is 10.1. The van der Waals surface area contributed by atoms with Crippen molar-refractivity contribution >= 4 is 16.7 Å². The van der Waals surface area contributed by atoms with Crippen molar-refractivity contribution in [2.45, 2.75) is 39.0 Å².